The minimum absolute atomic E-state index is 0.107. The predicted molar refractivity (Wildman–Crippen MR) is 105 cm³/mol. The van der Waals surface area contributed by atoms with Gasteiger partial charge in [0, 0.05) is 28.7 Å². The summed E-state index contributed by atoms with van der Waals surface area (Å²) in [6.45, 7) is 5.86. The van der Waals surface area contributed by atoms with Gasteiger partial charge in [-0.3, -0.25) is 4.79 Å². The molecule has 1 saturated carbocycles. The molecule has 0 aromatic heterocycles. The summed E-state index contributed by atoms with van der Waals surface area (Å²) in [5.74, 6) is 2.12. The maximum absolute atomic E-state index is 12.5. The van der Waals surface area contributed by atoms with Crippen LogP contribution in [-0.2, 0) is 10.3 Å². The van der Waals surface area contributed by atoms with Crippen molar-refractivity contribution in [3.05, 3.63) is 29.8 Å². The number of nitrogens with zero attached hydrogens (tertiary/aromatic N) is 1. The number of rotatable bonds is 1. The van der Waals surface area contributed by atoms with Gasteiger partial charge in [-0.15, -0.1) is 0 Å². The molecule has 1 aromatic rings. The number of thioether (sulfide) groups is 1. The Balaban J connectivity index is 1.65. The standard InChI is InChI=1S/C20H27N3O2S/c1-19(2,3)17(24)22-12-8-9-16-14(10-12)20(11-26-18(21)23-20)13-6-4-5-7-15(13)25-16/h4-7,12,14,16H,8-11H2,1-3H3,(H2,21,23)(H,22,24)/t12?,14-,16-,20?/m0/s1. The Hall–Kier alpha value is -1.69. The number of nitrogens with two attached hydrogens (primary N) is 1. The fraction of sp³-hybridized carbons (Fsp3) is 0.600. The highest BCUT2D eigenvalue weighted by Gasteiger charge is 2.54. The minimum atomic E-state index is -0.379. The molecule has 1 aromatic carbocycles. The molecule has 3 aliphatic rings. The molecule has 3 N–H and O–H groups in total. The second-order valence-corrected chi connectivity index (χ2v) is 9.65. The van der Waals surface area contributed by atoms with E-state index in [1.54, 1.807) is 11.8 Å². The van der Waals surface area contributed by atoms with Gasteiger partial charge >= 0.3 is 0 Å². The topological polar surface area (TPSA) is 76.7 Å². The van der Waals surface area contributed by atoms with Crippen LogP contribution >= 0.6 is 11.8 Å². The summed E-state index contributed by atoms with van der Waals surface area (Å²) in [7, 11) is 0. The van der Waals surface area contributed by atoms with Crippen molar-refractivity contribution in [3.63, 3.8) is 0 Å². The molecular formula is C20H27N3O2S. The molecule has 2 heterocycles. The Bertz CT molecular complexity index is 758. The first kappa shape index (κ1) is 17.7. The van der Waals surface area contributed by atoms with Crippen molar-refractivity contribution < 1.29 is 9.53 Å². The second-order valence-electron chi connectivity index (χ2n) is 8.66. The van der Waals surface area contributed by atoms with Crippen LogP contribution < -0.4 is 15.8 Å². The van der Waals surface area contributed by atoms with Crippen molar-refractivity contribution in [2.75, 3.05) is 5.75 Å². The number of ether oxygens (including phenoxy) is 1. The first-order valence-corrected chi connectivity index (χ1v) is 10.3. The van der Waals surface area contributed by atoms with Gasteiger partial charge in [0.25, 0.3) is 0 Å². The summed E-state index contributed by atoms with van der Waals surface area (Å²) >= 11 is 1.63. The highest BCUT2D eigenvalue weighted by molar-refractivity contribution is 8.14. The molecule has 2 unspecified atom stereocenters. The highest BCUT2D eigenvalue weighted by atomic mass is 32.2. The number of para-hydroxylation sites is 1. The molecule has 1 spiro atoms. The molecule has 4 rings (SSSR count). The van der Waals surface area contributed by atoms with Gasteiger partial charge in [-0.25, -0.2) is 4.99 Å². The fourth-order valence-electron chi connectivity index (χ4n) is 4.38. The predicted octanol–water partition coefficient (Wildman–Crippen LogP) is 3.04. The van der Waals surface area contributed by atoms with Crippen LogP contribution in [0.5, 0.6) is 5.75 Å². The van der Waals surface area contributed by atoms with E-state index in [2.05, 4.69) is 11.4 Å². The first-order valence-electron chi connectivity index (χ1n) is 9.35. The van der Waals surface area contributed by atoms with E-state index in [0.29, 0.717) is 5.17 Å². The van der Waals surface area contributed by atoms with E-state index in [4.69, 9.17) is 15.5 Å². The fourth-order valence-corrected chi connectivity index (χ4v) is 5.41. The highest BCUT2D eigenvalue weighted by Crippen LogP contribution is 2.54. The maximum atomic E-state index is 12.5. The van der Waals surface area contributed by atoms with Crippen LogP contribution in [0.25, 0.3) is 0 Å². The zero-order valence-corrected chi connectivity index (χ0v) is 16.4. The third kappa shape index (κ3) is 2.88. The van der Waals surface area contributed by atoms with Crippen LogP contribution in [0.15, 0.2) is 29.3 Å². The van der Waals surface area contributed by atoms with Crippen molar-refractivity contribution >= 4 is 22.8 Å². The molecule has 1 amide bonds. The Kier molecular flexibility index (Phi) is 4.21. The van der Waals surface area contributed by atoms with Gasteiger partial charge in [0.15, 0.2) is 5.17 Å². The average Bonchev–Trinajstić information content (AvgIpc) is 2.98. The molecule has 2 aliphatic heterocycles. The van der Waals surface area contributed by atoms with Gasteiger partial charge in [0.2, 0.25) is 5.91 Å². The SMILES string of the molecule is CC(C)(C)C(=O)NC1CC[C@@H]2Oc3ccccc3C3(CSC(N)=N3)[C@H]2C1. The number of fused-ring (bicyclic) bond motifs is 4. The summed E-state index contributed by atoms with van der Waals surface area (Å²) in [5.41, 5.74) is 6.52. The summed E-state index contributed by atoms with van der Waals surface area (Å²) in [5, 5.41) is 3.91. The van der Waals surface area contributed by atoms with E-state index in [1.165, 1.54) is 0 Å². The average molecular weight is 374 g/mol. The number of carbonyl (C=O) groups excluding carboxylic acids is 1. The number of hydrogen-bond acceptors (Lipinski definition) is 5. The Morgan fingerprint density at radius 1 is 1.35 bits per heavy atom. The van der Waals surface area contributed by atoms with E-state index in [9.17, 15) is 4.79 Å². The van der Waals surface area contributed by atoms with Gasteiger partial charge in [0.05, 0.1) is 0 Å². The number of carbonyl (C=O) groups is 1. The lowest BCUT2D eigenvalue weighted by molar-refractivity contribution is -0.130. The van der Waals surface area contributed by atoms with E-state index in [0.717, 1.165) is 36.3 Å². The zero-order valence-electron chi connectivity index (χ0n) is 15.6. The lowest BCUT2D eigenvalue weighted by atomic mass is 9.67. The molecule has 1 fully saturated rings. The number of hydrogen-bond donors (Lipinski definition) is 2. The molecule has 0 bridgehead atoms. The van der Waals surface area contributed by atoms with Gasteiger partial charge in [0.1, 0.15) is 17.4 Å². The minimum Gasteiger partial charge on any atom is -0.490 e. The monoisotopic (exact) mass is 373 g/mol. The molecule has 6 heteroatoms. The molecule has 4 atom stereocenters. The number of amidine groups is 1. The van der Waals surface area contributed by atoms with E-state index in [1.807, 2.05) is 39.0 Å². The summed E-state index contributed by atoms with van der Waals surface area (Å²) in [6.07, 6.45) is 2.87. The van der Waals surface area contributed by atoms with Gasteiger partial charge in [-0.1, -0.05) is 50.7 Å². The van der Waals surface area contributed by atoms with Gasteiger partial charge in [-0.2, -0.15) is 0 Å². The smallest absolute Gasteiger partial charge is 0.225 e. The number of aliphatic imine (C=N–C) groups is 1. The molecule has 1 aliphatic carbocycles. The Labute approximate surface area is 159 Å². The van der Waals surface area contributed by atoms with Gasteiger partial charge in [-0.05, 0) is 25.3 Å². The third-order valence-electron chi connectivity index (χ3n) is 5.80. The molecule has 140 valence electrons. The van der Waals surface area contributed by atoms with Crippen LogP contribution in [0.3, 0.4) is 0 Å². The van der Waals surface area contributed by atoms with Crippen molar-refractivity contribution in [3.8, 4) is 5.75 Å². The summed E-state index contributed by atoms with van der Waals surface area (Å²) < 4.78 is 6.35. The lowest BCUT2D eigenvalue weighted by Crippen LogP contribution is -2.55. The molecule has 0 saturated heterocycles. The Morgan fingerprint density at radius 3 is 2.81 bits per heavy atom. The molecule has 5 nitrogen and oxygen atoms in total. The Morgan fingerprint density at radius 2 is 2.12 bits per heavy atom. The zero-order chi connectivity index (χ0) is 18.5. The van der Waals surface area contributed by atoms with E-state index in [-0.39, 0.29) is 34.9 Å². The normalized spacial score (nSPS) is 33.0. The van der Waals surface area contributed by atoms with Crippen LogP contribution in [0.1, 0.15) is 45.6 Å². The molecule has 0 radical (unpaired) electrons. The van der Waals surface area contributed by atoms with Crippen LogP contribution in [0.2, 0.25) is 0 Å². The second kappa shape index (κ2) is 6.19. The summed E-state index contributed by atoms with van der Waals surface area (Å²) in [4.78, 5) is 17.4. The van der Waals surface area contributed by atoms with E-state index < -0.39 is 0 Å². The van der Waals surface area contributed by atoms with Crippen LogP contribution in [0.4, 0.5) is 0 Å². The first-order chi connectivity index (χ1) is 12.3. The number of nitrogens with one attached hydrogen (secondary N) is 1. The van der Waals surface area contributed by atoms with Crippen LogP contribution in [0, 0.1) is 11.3 Å². The van der Waals surface area contributed by atoms with Crippen molar-refractivity contribution in [2.24, 2.45) is 22.1 Å². The van der Waals surface area contributed by atoms with Crippen molar-refractivity contribution in [1.82, 2.24) is 5.32 Å². The van der Waals surface area contributed by atoms with Crippen molar-refractivity contribution in [1.29, 1.82) is 0 Å². The number of amides is 1. The van der Waals surface area contributed by atoms with Gasteiger partial charge < -0.3 is 15.8 Å². The summed E-state index contributed by atoms with van der Waals surface area (Å²) in [6, 6.07) is 8.37. The largest absolute Gasteiger partial charge is 0.490 e. The van der Waals surface area contributed by atoms with E-state index >= 15 is 0 Å². The van der Waals surface area contributed by atoms with Crippen LogP contribution in [-0.4, -0.2) is 29.0 Å². The maximum Gasteiger partial charge on any atom is 0.225 e. The van der Waals surface area contributed by atoms with Crippen molar-refractivity contribution in [2.45, 2.75) is 57.7 Å². The third-order valence-corrected chi connectivity index (χ3v) is 6.77. The molecule has 26 heavy (non-hydrogen) atoms. The number of benzene rings is 1. The molecular weight excluding hydrogens is 346 g/mol. The quantitative estimate of drug-likeness (QED) is 0.793. The lowest BCUT2D eigenvalue weighted by Gasteiger charge is -2.48.